The van der Waals surface area contributed by atoms with Crippen LogP contribution in [0.4, 0.5) is 11.6 Å². The molecule has 3 heterocycles. The van der Waals surface area contributed by atoms with Crippen LogP contribution in [-0.2, 0) is 20.1 Å². The lowest BCUT2D eigenvalue weighted by Crippen LogP contribution is -2.40. The SMILES string of the molecule is C=C(C)Cn1c(=O)c2c(nc3n2C[C@H](C)CN3c2ccc(Br)cc2)n(C)c1=O. The van der Waals surface area contributed by atoms with Gasteiger partial charge in [-0.15, -0.1) is 0 Å². The Morgan fingerprint density at radius 3 is 2.57 bits per heavy atom. The molecule has 7 nitrogen and oxygen atoms in total. The van der Waals surface area contributed by atoms with E-state index in [1.54, 1.807) is 14.0 Å². The van der Waals surface area contributed by atoms with Crippen LogP contribution in [0.3, 0.4) is 0 Å². The van der Waals surface area contributed by atoms with E-state index in [0.717, 1.165) is 22.3 Å². The molecule has 0 bridgehead atoms. The number of aryl methyl sites for hydroxylation is 1. The predicted molar refractivity (Wildman–Crippen MR) is 114 cm³/mol. The van der Waals surface area contributed by atoms with Gasteiger partial charge in [-0.3, -0.25) is 13.9 Å². The molecule has 3 aromatic rings. The fraction of sp³-hybridized carbons (Fsp3) is 0.350. The normalized spacial score (nSPS) is 16.4. The van der Waals surface area contributed by atoms with Gasteiger partial charge in [-0.1, -0.05) is 35.0 Å². The summed E-state index contributed by atoms with van der Waals surface area (Å²) < 4.78 is 5.64. The second kappa shape index (κ2) is 6.77. The van der Waals surface area contributed by atoms with Gasteiger partial charge in [-0.05, 0) is 37.1 Å². The van der Waals surface area contributed by atoms with Crippen LogP contribution in [0, 0.1) is 5.92 Å². The summed E-state index contributed by atoms with van der Waals surface area (Å²) in [5.74, 6) is 1.01. The van der Waals surface area contributed by atoms with E-state index < -0.39 is 0 Å². The molecule has 146 valence electrons. The molecule has 0 aliphatic carbocycles. The summed E-state index contributed by atoms with van der Waals surface area (Å²) in [6, 6.07) is 8.00. The zero-order valence-electron chi connectivity index (χ0n) is 16.1. The fourth-order valence-electron chi connectivity index (χ4n) is 3.75. The molecule has 0 fully saturated rings. The van der Waals surface area contributed by atoms with E-state index in [4.69, 9.17) is 4.98 Å². The number of hydrogen-bond donors (Lipinski definition) is 0. The van der Waals surface area contributed by atoms with Gasteiger partial charge in [0, 0.05) is 30.3 Å². The standard InChI is InChI=1S/C20H22BrN5O2/c1-12(2)9-26-18(27)16-17(23(4)20(26)28)22-19-24(10-13(3)11-25(16)19)15-7-5-14(21)6-8-15/h5-8,13H,1,9-11H2,2-4H3/t13-/m1/s1. The van der Waals surface area contributed by atoms with E-state index in [1.807, 2.05) is 28.8 Å². The van der Waals surface area contributed by atoms with Gasteiger partial charge in [-0.2, -0.15) is 4.98 Å². The van der Waals surface area contributed by atoms with Crippen LogP contribution >= 0.6 is 15.9 Å². The third-order valence-corrected chi connectivity index (χ3v) is 5.54. The van der Waals surface area contributed by atoms with Crippen LogP contribution in [0.5, 0.6) is 0 Å². The van der Waals surface area contributed by atoms with Crippen molar-refractivity contribution in [2.75, 3.05) is 11.4 Å². The molecule has 1 aliphatic rings. The molecule has 28 heavy (non-hydrogen) atoms. The van der Waals surface area contributed by atoms with Crippen molar-refractivity contribution in [3.05, 3.63) is 61.7 Å². The number of anilines is 2. The zero-order valence-corrected chi connectivity index (χ0v) is 17.7. The van der Waals surface area contributed by atoms with Crippen molar-refractivity contribution in [2.45, 2.75) is 26.9 Å². The number of imidazole rings is 1. The molecule has 4 rings (SSSR count). The molecule has 0 saturated carbocycles. The third-order valence-electron chi connectivity index (χ3n) is 5.01. The summed E-state index contributed by atoms with van der Waals surface area (Å²) in [5, 5.41) is 0. The van der Waals surface area contributed by atoms with Crippen LogP contribution in [0.2, 0.25) is 0 Å². The maximum atomic E-state index is 13.2. The predicted octanol–water partition coefficient (Wildman–Crippen LogP) is 3.02. The molecule has 0 amide bonds. The van der Waals surface area contributed by atoms with Crippen LogP contribution in [0.15, 0.2) is 50.5 Å². The number of fused-ring (bicyclic) bond motifs is 3. The lowest BCUT2D eigenvalue weighted by atomic mass is 10.1. The Morgan fingerprint density at radius 1 is 1.25 bits per heavy atom. The minimum absolute atomic E-state index is 0.202. The fourth-order valence-corrected chi connectivity index (χ4v) is 4.02. The molecule has 0 unspecified atom stereocenters. The monoisotopic (exact) mass is 443 g/mol. The highest BCUT2D eigenvalue weighted by molar-refractivity contribution is 9.10. The quantitative estimate of drug-likeness (QED) is 0.583. The number of hydrogen-bond acceptors (Lipinski definition) is 4. The zero-order chi connectivity index (χ0) is 20.2. The molecule has 1 atom stereocenters. The Hall–Kier alpha value is -2.61. The van der Waals surface area contributed by atoms with Crippen LogP contribution in [0.1, 0.15) is 13.8 Å². The van der Waals surface area contributed by atoms with Gasteiger partial charge in [0.15, 0.2) is 11.2 Å². The summed E-state index contributed by atoms with van der Waals surface area (Å²) in [4.78, 5) is 32.7. The second-order valence-corrected chi connectivity index (χ2v) is 8.49. The molecule has 0 N–H and O–H groups in total. The number of nitrogens with zero attached hydrogens (tertiary/aromatic N) is 5. The molecule has 8 heteroatoms. The van der Waals surface area contributed by atoms with Crippen molar-refractivity contribution in [1.29, 1.82) is 0 Å². The Labute approximate surface area is 170 Å². The first-order chi connectivity index (χ1) is 13.3. The third kappa shape index (κ3) is 2.92. The molecular formula is C20H22BrN5O2. The van der Waals surface area contributed by atoms with E-state index in [0.29, 0.717) is 29.6 Å². The second-order valence-electron chi connectivity index (χ2n) is 7.58. The molecule has 0 saturated heterocycles. The molecular weight excluding hydrogens is 422 g/mol. The number of allylic oxidation sites excluding steroid dienone is 1. The van der Waals surface area contributed by atoms with Gasteiger partial charge in [0.2, 0.25) is 5.95 Å². The van der Waals surface area contributed by atoms with Crippen molar-refractivity contribution in [2.24, 2.45) is 13.0 Å². The largest absolute Gasteiger partial charge is 0.332 e. The smallest absolute Gasteiger partial charge is 0.312 e. The Balaban J connectivity index is 2.00. The van der Waals surface area contributed by atoms with Crippen molar-refractivity contribution in [3.8, 4) is 0 Å². The molecule has 0 radical (unpaired) electrons. The van der Waals surface area contributed by atoms with Crippen LogP contribution in [-0.4, -0.2) is 25.2 Å². The first-order valence-electron chi connectivity index (χ1n) is 9.15. The van der Waals surface area contributed by atoms with Crippen molar-refractivity contribution in [3.63, 3.8) is 0 Å². The van der Waals surface area contributed by atoms with E-state index in [-0.39, 0.29) is 17.8 Å². The van der Waals surface area contributed by atoms with Gasteiger partial charge in [0.1, 0.15) is 0 Å². The van der Waals surface area contributed by atoms with Gasteiger partial charge in [-0.25, -0.2) is 4.79 Å². The van der Waals surface area contributed by atoms with Crippen molar-refractivity contribution in [1.82, 2.24) is 18.7 Å². The van der Waals surface area contributed by atoms with E-state index in [1.165, 1.54) is 9.13 Å². The van der Waals surface area contributed by atoms with Gasteiger partial charge >= 0.3 is 5.69 Å². The maximum absolute atomic E-state index is 13.2. The van der Waals surface area contributed by atoms with E-state index in [9.17, 15) is 9.59 Å². The highest BCUT2D eigenvalue weighted by Crippen LogP contribution is 2.33. The molecule has 1 aliphatic heterocycles. The maximum Gasteiger partial charge on any atom is 0.332 e. The average Bonchev–Trinajstić information content (AvgIpc) is 3.03. The highest BCUT2D eigenvalue weighted by Gasteiger charge is 2.29. The summed E-state index contributed by atoms with van der Waals surface area (Å²) in [7, 11) is 1.66. The minimum atomic E-state index is -0.376. The Bertz CT molecular complexity index is 1200. The molecule has 2 aromatic heterocycles. The summed E-state index contributed by atoms with van der Waals surface area (Å²) in [6.07, 6.45) is 0. The van der Waals surface area contributed by atoms with E-state index >= 15 is 0 Å². The average molecular weight is 444 g/mol. The van der Waals surface area contributed by atoms with Crippen LogP contribution < -0.4 is 16.1 Å². The Kier molecular flexibility index (Phi) is 4.53. The van der Waals surface area contributed by atoms with Gasteiger partial charge in [0.25, 0.3) is 5.56 Å². The van der Waals surface area contributed by atoms with Gasteiger partial charge < -0.3 is 9.47 Å². The highest BCUT2D eigenvalue weighted by atomic mass is 79.9. The van der Waals surface area contributed by atoms with Crippen LogP contribution in [0.25, 0.3) is 11.2 Å². The number of aromatic nitrogens is 4. The molecule has 0 spiro atoms. The molecule has 1 aromatic carbocycles. The lowest BCUT2D eigenvalue weighted by Gasteiger charge is -2.33. The van der Waals surface area contributed by atoms with Crippen molar-refractivity contribution >= 4 is 38.7 Å². The number of rotatable bonds is 3. The number of benzene rings is 1. The minimum Gasteiger partial charge on any atom is -0.312 e. The topological polar surface area (TPSA) is 65.1 Å². The summed E-state index contributed by atoms with van der Waals surface area (Å²) >= 11 is 3.47. The lowest BCUT2D eigenvalue weighted by molar-refractivity contribution is 0.458. The Morgan fingerprint density at radius 2 is 1.93 bits per heavy atom. The summed E-state index contributed by atoms with van der Waals surface area (Å²) in [5.41, 5.74) is 1.94. The number of halogens is 1. The van der Waals surface area contributed by atoms with E-state index in [2.05, 4.69) is 34.3 Å². The van der Waals surface area contributed by atoms with Gasteiger partial charge in [0.05, 0.1) is 6.54 Å². The first-order valence-corrected chi connectivity index (χ1v) is 9.94. The van der Waals surface area contributed by atoms with Crippen molar-refractivity contribution < 1.29 is 0 Å². The summed E-state index contributed by atoms with van der Waals surface area (Å²) in [6.45, 7) is 9.47. The first kappa shape index (κ1) is 18.7.